The highest BCUT2D eigenvalue weighted by Gasteiger charge is 2.41. The van der Waals surface area contributed by atoms with Gasteiger partial charge in [-0.1, -0.05) is 0 Å². The molecular formula is C6H14ClNO5. The Balaban J connectivity index is 0.00000144. The number of ether oxygens (including phenoxy) is 1. The van der Waals surface area contributed by atoms with Gasteiger partial charge in [-0.25, -0.2) is 0 Å². The summed E-state index contributed by atoms with van der Waals surface area (Å²) in [6.07, 6.45) is -4.85. The molecule has 0 aromatic rings. The van der Waals surface area contributed by atoms with Crippen molar-refractivity contribution in [3.05, 3.63) is 0 Å². The van der Waals surface area contributed by atoms with Crippen LogP contribution in [0.25, 0.3) is 0 Å². The molecule has 1 rings (SSSR count). The lowest BCUT2D eigenvalue weighted by Crippen LogP contribution is -2.61. The summed E-state index contributed by atoms with van der Waals surface area (Å²) in [5, 5.41) is 36.1. The maximum Gasteiger partial charge on any atom is 0.173 e. The second kappa shape index (κ2) is 5.06. The number of halogens is 1. The molecule has 0 saturated carbocycles. The first-order valence-electron chi connectivity index (χ1n) is 3.64. The number of aliphatic hydroxyl groups excluding tert-OH is 4. The molecule has 5 atom stereocenters. The first-order valence-corrected chi connectivity index (χ1v) is 3.64. The standard InChI is InChI=1S/C6H13NO5.ClH/c7-3-5(10)4(9)2(1-8)12-6(3)11;/h2-6,8-11H,1,7H2;1H/t2?,3?,4-,5+,6+;/m0./s1. The monoisotopic (exact) mass is 215 g/mol. The highest BCUT2D eigenvalue weighted by Crippen LogP contribution is 2.17. The van der Waals surface area contributed by atoms with Crippen LogP contribution in [-0.4, -0.2) is 57.7 Å². The average Bonchev–Trinajstić information content (AvgIpc) is 2.08. The normalized spacial score (nSPS) is 45.5. The molecule has 1 aliphatic rings. The van der Waals surface area contributed by atoms with E-state index in [2.05, 4.69) is 0 Å². The SMILES string of the molecule is Cl.NC1[C@H](O)OC(CO)[C@H](O)[C@@H]1O. The Bertz CT molecular complexity index is 155. The molecule has 1 fully saturated rings. The Labute approximate surface area is 81.3 Å². The van der Waals surface area contributed by atoms with Gasteiger partial charge in [0.05, 0.1) is 12.6 Å². The molecular weight excluding hydrogens is 202 g/mol. The van der Waals surface area contributed by atoms with E-state index in [0.29, 0.717) is 0 Å². The van der Waals surface area contributed by atoms with Crippen molar-refractivity contribution >= 4 is 12.4 Å². The molecule has 80 valence electrons. The van der Waals surface area contributed by atoms with Gasteiger partial charge in [0.15, 0.2) is 6.29 Å². The topological polar surface area (TPSA) is 116 Å². The summed E-state index contributed by atoms with van der Waals surface area (Å²) in [6.45, 7) is -0.470. The van der Waals surface area contributed by atoms with Gasteiger partial charge in [-0.2, -0.15) is 0 Å². The third-order valence-corrected chi connectivity index (χ3v) is 1.95. The Morgan fingerprint density at radius 3 is 2.15 bits per heavy atom. The van der Waals surface area contributed by atoms with Crippen LogP contribution >= 0.6 is 12.4 Å². The predicted octanol–water partition coefficient (Wildman–Crippen LogP) is -2.83. The van der Waals surface area contributed by atoms with Crippen molar-refractivity contribution in [2.75, 3.05) is 6.61 Å². The van der Waals surface area contributed by atoms with Crippen molar-refractivity contribution in [1.29, 1.82) is 0 Å². The van der Waals surface area contributed by atoms with E-state index in [1.165, 1.54) is 0 Å². The summed E-state index contributed by atoms with van der Waals surface area (Å²) in [5.41, 5.74) is 5.26. The molecule has 13 heavy (non-hydrogen) atoms. The number of nitrogens with two attached hydrogens (primary N) is 1. The zero-order valence-corrected chi connectivity index (χ0v) is 7.59. The minimum Gasteiger partial charge on any atom is -0.394 e. The van der Waals surface area contributed by atoms with E-state index in [9.17, 15) is 10.2 Å². The van der Waals surface area contributed by atoms with Crippen molar-refractivity contribution < 1.29 is 25.2 Å². The molecule has 0 bridgehead atoms. The third-order valence-electron chi connectivity index (χ3n) is 1.95. The molecule has 0 amide bonds. The lowest BCUT2D eigenvalue weighted by Gasteiger charge is -2.38. The molecule has 2 unspecified atom stereocenters. The molecule has 7 heteroatoms. The summed E-state index contributed by atoms with van der Waals surface area (Å²) in [7, 11) is 0. The Morgan fingerprint density at radius 1 is 1.15 bits per heavy atom. The van der Waals surface area contributed by atoms with Gasteiger partial charge >= 0.3 is 0 Å². The van der Waals surface area contributed by atoms with Crippen LogP contribution in [0.15, 0.2) is 0 Å². The van der Waals surface area contributed by atoms with E-state index in [1.807, 2.05) is 0 Å². The first-order chi connectivity index (χ1) is 5.57. The fourth-order valence-corrected chi connectivity index (χ4v) is 1.12. The van der Waals surface area contributed by atoms with Gasteiger partial charge in [0.25, 0.3) is 0 Å². The molecule has 0 aromatic heterocycles. The van der Waals surface area contributed by atoms with Gasteiger partial charge in [0.1, 0.15) is 18.3 Å². The zero-order chi connectivity index (χ0) is 9.30. The van der Waals surface area contributed by atoms with Gasteiger partial charge in [-0.15, -0.1) is 12.4 Å². The Kier molecular flexibility index (Phi) is 5.08. The number of hydrogen-bond acceptors (Lipinski definition) is 6. The van der Waals surface area contributed by atoms with Crippen LogP contribution in [0, 0.1) is 0 Å². The number of hydrogen-bond donors (Lipinski definition) is 5. The molecule has 0 radical (unpaired) electrons. The molecule has 0 aliphatic carbocycles. The van der Waals surface area contributed by atoms with Gasteiger partial charge in [-0.3, -0.25) is 0 Å². The van der Waals surface area contributed by atoms with E-state index in [0.717, 1.165) is 0 Å². The molecule has 1 aliphatic heterocycles. The molecule has 0 aromatic carbocycles. The number of rotatable bonds is 1. The minimum absolute atomic E-state index is 0. The second-order valence-electron chi connectivity index (χ2n) is 2.81. The van der Waals surface area contributed by atoms with Crippen molar-refractivity contribution in [1.82, 2.24) is 0 Å². The zero-order valence-electron chi connectivity index (χ0n) is 6.78. The Hall–Kier alpha value is 0.0500. The summed E-state index contributed by atoms with van der Waals surface area (Å²) in [5.74, 6) is 0. The molecule has 6 N–H and O–H groups in total. The average molecular weight is 216 g/mol. The summed E-state index contributed by atoms with van der Waals surface area (Å²) < 4.78 is 4.70. The highest BCUT2D eigenvalue weighted by atomic mass is 35.5. The van der Waals surface area contributed by atoms with Crippen LogP contribution in [0.4, 0.5) is 0 Å². The maximum atomic E-state index is 9.20. The summed E-state index contributed by atoms with van der Waals surface area (Å²) >= 11 is 0. The summed E-state index contributed by atoms with van der Waals surface area (Å²) in [6, 6.07) is -1.04. The third kappa shape index (κ3) is 2.50. The van der Waals surface area contributed by atoms with E-state index in [4.69, 9.17) is 20.7 Å². The molecule has 1 saturated heterocycles. The predicted molar refractivity (Wildman–Crippen MR) is 45.2 cm³/mol. The fraction of sp³-hybridized carbons (Fsp3) is 1.00. The fourth-order valence-electron chi connectivity index (χ4n) is 1.12. The van der Waals surface area contributed by atoms with Crippen LogP contribution in [0.1, 0.15) is 0 Å². The quantitative estimate of drug-likeness (QED) is 0.322. The summed E-state index contributed by atoms with van der Waals surface area (Å²) in [4.78, 5) is 0. The second-order valence-corrected chi connectivity index (χ2v) is 2.81. The van der Waals surface area contributed by atoms with Crippen molar-refractivity contribution in [2.24, 2.45) is 5.73 Å². The van der Waals surface area contributed by atoms with E-state index >= 15 is 0 Å². The van der Waals surface area contributed by atoms with Crippen LogP contribution in [0.5, 0.6) is 0 Å². The van der Waals surface area contributed by atoms with Crippen LogP contribution in [-0.2, 0) is 4.74 Å². The van der Waals surface area contributed by atoms with Gasteiger partial charge < -0.3 is 30.9 Å². The molecule has 6 nitrogen and oxygen atoms in total. The van der Waals surface area contributed by atoms with Crippen molar-refractivity contribution in [3.63, 3.8) is 0 Å². The largest absolute Gasteiger partial charge is 0.394 e. The molecule has 0 spiro atoms. The highest BCUT2D eigenvalue weighted by molar-refractivity contribution is 5.85. The van der Waals surface area contributed by atoms with Gasteiger partial charge in [0.2, 0.25) is 0 Å². The minimum atomic E-state index is -1.35. The Morgan fingerprint density at radius 2 is 1.69 bits per heavy atom. The van der Waals surface area contributed by atoms with Gasteiger partial charge in [0, 0.05) is 0 Å². The van der Waals surface area contributed by atoms with Crippen molar-refractivity contribution in [2.45, 2.75) is 30.6 Å². The van der Waals surface area contributed by atoms with Gasteiger partial charge in [-0.05, 0) is 0 Å². The van der Waals surface area contributed by atoms with E-state index < -0.39 is 37.3 Å². The maximum absolute atomic E-state index is 9.20. The number of aliphatic hydroxyl groups is 4. The smallest absolute Gasteiger partial charge is 0.173 e. The van der Waals surface area contributed by atoms with Crippen LogP contribution in [0.3, 0.4) is 0 Å². The van der Waals surface area contributed by atoms with Crippen LogP contribution < -0.4 is 5.73 Å². The molecule has 1 heterocycles. The first kappa shape index (κ1) is 13.1. The van der Waals surface area contributed by atoms with E-state index in [1.54, 1.807) is 0 Å². The van der Waals surface area contributed by atoms with Crippen molar-refractivity contribution in [3.8, 4) is 0 Å². The lowest BCUT2D eigenvalue weighted by atomic mass is 9.98. The lowest BCUT2D eigenvalue weighted by molar-refractivity contribution is -0.248. The van der Waals surface area contributed by atoms with E-state index in [-0.39, 0.29) is 12.4 Å². The van der Waals surface area contributed by atoms with Crippen LogP contribution in [0.2, 0.25) is 0 Å².